The predicted octanol–water partition coefficient (Wildman–Crippen LogP) is 1.46. The molecule has 0 bridgehead atoms. The molecular formula is C17H36BrNO2. The number of hydrogen-bond donors (Lipinski definition) is 1. The van der Waals surface area contributed by atoms with E-state index in [0.717, 1.165) is 17.6 Å². The van der Waals surface area contributed by atoms with Crippen molar-refractivity contribution in [2.24, 2.45) is 0 Å². The summed E-state index contributed by atoms with van der Waals surface area (Å²) in [6, 6.07) is 0. The van der Waals surface area contributed by atoms with Crippen LogP contribution in [0.15, 0.2) is 0 Å². The quantitative estimate of drug-likeness (QED) is 0.373. The van der Waals surface area contributed by atoms with Gasteiger partial charge in [0.05, 0.1) is 33.6 Å². The normalized spacial score (nSPS) is 11.2. The fourth-order valence-corrected chi connectivity index (χ4v) is 2.54. The first kappa shape index (κ1) is 23.2. The third-order valence-corrected chi connectivity index (χ3v) is 4.05. The molecule has 0 spiro atoms. The van der Waals surface area contributed by atoms with Crippen LogP contribution in [-0.2, 0) is 4.79 Å². The van der Waals surface area contributed by atoms with Crippen LogP contribution in [0.3, 0.4) is 0 Å². The second-order valence-corrected chi connectivity index (χ2v) is 6.71. The van der Waals surface area contributed by atoms with E-state index < -0.39 is 5.97 Å². The molecule has 0 fully saturated rings. The van der Waals surface area contributed by atoms with Gasteiger partial charge in [0, 0.05) is 0 Å². The highest BCUT2D eigenvalue weighted by Gasteiger charge is 2.15. The van der Waals surface area contributed by atoms with Crippen LogP contribution >= 0.6 is 0 Å². The number of nitrogens with zero attached hydrogens (tertiary/aromatic N) is 1. The van der Waals surface area contributed by atoms with E-state index in [1.54, 1.807) is 0 Å². The van der Waals surface area contributed by atoms with Crippen LogP contribution < -0.4 is 17.0 Å². The molecule has 0 rings (SSSR count). The summed E-state index contributed by atoms with van der Waals surface area (Å²) in [6.07, 6.45) is 13.8. The van der Waals surface area contributed by atoms with Gasteiger partial charge in [0.1, 0.15) is 0 Å². The zero-order valence-electron chi connectivity index (χ0n) is 14.4. The number of carboxylic acid groups (broad SMARTS) is 1. The van der Waals surface area contributed by atoms with E-state index in [-0.39, 0.29) is 23.4 Å². The van der Waals surface area contributed by atoms with Crippen LogP contribution in [-0.4, -0.2) is 42.7 Å². The summed E-state index contributed by atoms with van der Waals surface area (Å²) in [5, 5.41) is 8.71. The molecule has 0 amide bonds. The van der Waals surface area contributed by atoms with Gasteiger partial charge in [0.15, 0.2) is 0 Å². The minimum Gasteiger partial charge on any atom is -1.00 e. The van der Waals surface area contributed by atoms with Gasteiger partial charge in [-0.1, -0.05) is 58.3 Å². The molecule has 0 unspecified atom stereocenters. The van der Waals surface area contributed by atoms with Crippen molar-refractivity contribution in [1.82, 2.24) is 0 Å². The zero-order chi connectivity index (χ0) is 15.3. The van der Waals surface area contributed by atoms with Crippen LogP contribution in [0, 0.1) is 0 Å². The summed E-state index contributed by atoms with van der Waals surface area (Å²) >= 11 is 0. The van der Waals surface area contributed by atoms with E-state index in [9.17, 15) is 4.79 Å². The van der Waals surface area contributed by atoms with Crippen molar-refractivity contribution in [2.45, 2.75) is 77.6 Å². The number of halogens is 1. The standard InChI is InChI=1S/C17H35NO2.BrH/c1-4-5-6-7-8-9-10-11-12-13-15-18(2,3)16-14-17(19)20;/h4-16H2,1-3H3;1H. The molecule has 0 aromatic rings. The molecule has 0 heterocycles. The largest absolute Gasteiger partial charge is 1.00 e. The number of carbonyl (C=O) groups is 1. The van der Waals surface area contributed by atoms with E-state index in [0.29, 0.717) is 0 Å². The van der Waals surface area contributed by atoms with Crippen molar-refractivity contribution in [1.29, 1.82) is 0 Å². The molecule has 128 valence electrons. The van der Waals surface area contributed by atoms with Gasteiger partial charge in [-0.05, 0) is 12.8 Å². The Labute approximate surface area is 142 Å². The van der Waals surface area contributed by atoms with Crippen LogP contribution in [0.5, 0.6) is 0 Å². The maximum absolute atomic E-state index is 10.6. The molecule has 0 aliphatic carbocycles. The summed E-state index contributed by atoms with van der Waals surface area (Å²) in [5.41, 5.74) is 0. The third kappa shape index (κ3) is 17.9. The zero-order valence-corrected chi connectivity index (χ0v) is 16.0. The van der Waals surface area contributed by atoms with Gasteiger partial charge < -0.3 is 26.6 Å². The van der Waals surface area contributed by atoms with Gasteiger partial charge in [-0.3, -0.25) is 4.79 Å². The van der Waals surface area contributed by atoms with Crippen molar-refractivity contribution < 1.29 is 31.4 Å². The van der Waals surface area contributed by atoms with Gasteiger partial charge >= 0.3 is 5.97 Å². The summed E-state index contributed by atoms with van der Waals surface area (Å²) in [4.78, 5) is 10.6. The van der Waals surface area contributed by atoms with Crippen LogP contribution in [0.2, 0.25) is 0 Å². The molecule has 0 atom stereocenters. The number of aliphatic carboxylic acids is 1. The van der Waals surface area contributed by atoms with Crippen LogP contribution in [0.1, 0.15) is 77.6 Å². The van der Waals surface area contributed by atoms with Crippen molar-refractivity contribution in [3.63, 3.8) is 0 Å². The third-order valence-electron chi connectivity index (χ3n) is 4.05. The second kappa shape index (κ2) is 14.8. The molecule has 0 saturated heterocycles. The van der Waals surface area contributed by atoms with Gasteiger partial charge in [-0.2, -0.15) is 0 Å². The predicted molar refractivity (Wildman–Crippen MR) is 85.9 cm³/mol. The average Bonchev–Trinajstić information content (AvgIpc) is 2.39. The molecule has 3 nitrogen and oxygen atoms in total. The number of rotatable bonds is 14. The maximum Gasteiger partial charge on any atom is 0.309 e. The molecule has 0 aromatic heterocycles. The minimum atomic E-state index is -0.681. The topological polar surface area (TPSA) is 37.3 Å². The number of hydrogen-bond acceptors (Lipinski definition) is 1. The molecule has 0 radical (unpaired) electrons. The first-order valence-electron chi connectivity index (χ1n) is 8.52. The summed E-state index contributed by atoms with van der Waals surface area (Å²) in [6.45, 7) is 4.10. The van der Waals surface area contributed by atoms with E-state index in [4.69, 9.17) is 5.11 Å². The highest BCUT2D eigenvalue weighted by atomic mass is 79.9. The monoisotopic (exact) mass is 365 g/mol. The first-order chi connectivity index (χ1) is 9.48. The Kier molecular flexibility index (Phi) is 16.4. The molecule has 1 N–H and O–H groups in total. The fraction of sp³-hybridized carbons (Fsp3) is 0.941. The highest BCUT2D eigenvalue weighted by Crippen LogP contribution is 2.11. The molecule has 0 aliphatic rings. The van der Waals surface area contributed by atoms with Crippen molar-refractivity contribution in [2.75, 3.05) is 27.2 Å². The lowest BCUT2D eigenvalue weighted by atomic mass is 10.1. The summed E-state index contributed by atoms with van der Waals surface area (Å²) in [7, 11) is 4.27. The molecular weight excluding hydrogens is 330 g/mol. The molecule has 0 aliphatic heterocycles. The van der Waals surface area contributed by atoms with Gasteiger partial charge in [-0.15, -0.1) is 0 Å². The van der Waals surface area contributed by atoms with Crippen molar-refractivity contribution in [3.8, 4) is 0 Å². The summed E-state index contributed by atoms with van der Waals surface area (Å²) in [5.74, 6) is -0.681. The highest BCUT2D eigenvalue weighted by molar-refractivity contribution is 5.66. The first-order valence-corrected chi connectivity index (χ1v) is 8.52. The number of carboxylic acids is 1. The van der Waals surface area contributed by atoms with Gasteiger partial charge in [-0.25, -0.2) is 0 Å². The molecule has 4 heteroatoms. The lowest BCUT2D eigenvalue weighted by molar-refractivity contribution is -0.890. The Morgan fingerprint density at radius 1 is 0.810 bits per heavy atom. The Hall–Kier alpha value is -0.0900. The lowest BCUT2D eigenvalue weighted by Gasteiger charge is -2.29. The Bertz CT molecular complexity index is 245. The number of quaternary nitrogens is 1. The van der Waals surface area contributed by atoms with Crippen LogP contribution in [0.25, 0.3) is 0 Å². The second-order valence-electron chi connectivity index (χ2n) is 6.71. The Balaban J connectivity index is 0. The smallest absolute Gasteiger partial charge is 0.309 e. The maximum atomic E-state index is 10.6. The van der Waals surface area contributed by atoms with E-state index >= 15 is 0 Å². The molecule has 0 saturated carbocycles. The molecule has 0 aromatic carbocycles. The Morgan fingerprint density at radius 3 is 1.67 bits per heavy atom. The van der Waals surface area contributed by atoms with Crippen LogP contribution in [0.4, 0.5) is 0 Å². The van der Waals surface area contributed by atoms with Crippen molar-refractivity contribution in [3.05, 3.63) is 0 Å². The van der Waals surface area contributed by atoms with Gasteiger partial charge in [0.25, 0.3) is 0 Å². The van der Waals surface area contributed by atoms with E-state index in [1.807, 2.05) is 0 Å². The van der Waals surface area contributed by atoms with Gasteiger partial charge in [0.2, 0.25) is 0 Å². The minimum absolute atomic E-state index is 0. The average molecular weight is 366 g/mol. The SMILES string of the molecule is CCCCCCCCCCCC[N+](C)(C)CCC(=O)O.[Br-]. The van der Waals surface area contributed by atoms with E-state index in [2.05, 4.69) is 21.0 Å². The van der Waals surface area contributed by atoms with Crippen molar-refractivity contribution >= 4 is 5.97 Å². The lowest BCUT2D eigenvalue weighted by Crippen LogP contribution is -3.00. The fourth-order valence-electron chi connectivity index (χ4n) is 2.54. The number of unbranched alkanes of at least 4 members (excludes halogenated alkanes) is 9. The molecule has 21 heavy (non-hydrogen) atoms. The summed E-state index contributed by atoms with van der Waals surface area (Å²) < 4.78 is 0.837. The Morgan fingerprint density at radius 2 is 1.24 bits per heavy atom. The van der Waals surface area contributed by atoms with E-state index in [1.165, 1.54) is 64.2 Å².